The van der Waals surface area contributed by atoms with Crippen LogP contribution in [0.2, 0.25) is 0 Å². The van der Waals surface area contributed by atoms with Crippen molar-refractivity contribution in [1.82, 2.24) is 61.6 Å². The average Bonchev–Trinajstić information content (AvgIpc) is 2.48. The third kappa shape index (κ3) is 2.09. The van der Waals surface area contributed by atoms with E-state index >= 15 is 0 Å². The number of hydrogen-bond acceptors (Lipinski definition) is 12. The van der Waals surface area contributed by atoms with Crippen LogP contribution in [0.15, 0.2) is 0 Å². The Morgan fingerprint density at radius 1 is 0.550 bits per heavy atom. The Kier molecular flexibility index (Phi) is 2.87. The van der Waals surface area contributed by atoms with E-state index in [1.165, 1.54) is 0 Å². The van der Waals surface area contributed by atoms with Crippen LogP contribution in [0.4, 0.5) is 0 Å². The first kappa shape index (κ1) is 11.9. The smallest absolute Gasteiger partial charge is 0.208 e. The third-order valence-electron chi connectivity index (χ3n) is 2.31. The Morgan fingerprint density at radius 2 is 1.20 bits per heavy atom. The fraction of sp³-hybridized carbons (Fsp3) is 0.250. The van der Waals surface area contributed by atoms with E-state index in [0.717, 1.165) is 0 Å². The fourth-order valence-electron chi connectivity index (χ4n) is 1.45. The van der Waals surface area contributed by atoms with Crippen molar-refractivity contribution in [2.45, 2.75) is 13.8 Å². The summed E-state index contributed by atoms with van der Waals surface area (Å²) < 4.78 is 0. The van der Waals surface area contributed by atoms with E-state index in [1.807, 2.05) is 0 Å². The highest BCUT2D eigenvalue weighted by atomic mass is 15.5. The van der Waals surface area contributed by atoms with Gasteiger partial charge in [0.15, 0.2) is 11.5 Å². The molecule has 12 nitrogen and oxygen atoms in total. The minimum atomic E-state index is 0.216. The molecule has 0 aliphatic carbocycles. The molecule has 20 heavy (non-hydrogen) atoms. The van der Waals surface area contributed by atoms with E-state index in [-0.39, 0.29) is 11.5 Å². The van der Waals surface area contributed by atoms with Gasteiger partial charge in [-0.05, 0) is 39.9 Å². The van der Waals surface area contributed by atoms with Crippen LogP contribution in [0.1, 0.15) is 11.5 Å². The maximum atomic E-state index is 4.12. The normalized spacial score (nSPS) is 10.5. The predicted molar refractivity (Wildman–Crippen MR) is 60.3 cm³/mol. The summed E-state index contributed by atoms with van der Waals surface area (Å²) in [6.45, 7) is 3.39. The van der Waals surface area contributed by atoms with Crippen LogP contribution in [-0.2, 0) is 0 Å². The molecule has 0 atom stereocenters. The molecule has 3 rings (SSSR count). The van der Waals surface area contributed by atoms with Crippen molar-refractivity contribution in [2.75, 3.05) is 0 Å². The zero-order valence-electron chi connectivity index (χ0n) is 10.4. The van der Waals surface area contributed by atoms with Gasteiger partial charge in [-0.2, -0.15) is 0 Å². The lowest BCUT2D eigenvalue weighted by Gasteiger charge is -2.03. The molecule has 0 unspecified atom stereocenters. The second kappa shape index (κ2) is 4.83. The summed E-state index contributed by atoms with van der Waals surface area (Å²) >= 11 is 0. The molecule has 12 heteroatoms. The lowest BCUT2D eigenvalue weighted by Crippen LogP contribution is -2.08. The van der Waals surface area contributed by atoms with Crippen molar-refractivity contribution in [2.24, 2.45) is 0 Å². The largest absolute Gasteiger partial charge is 0.208 e. The number of aryl methyl sites for hydroxylation is 2. The van der Waals surface area contributed by atoms with Gasteiger partial charge in [0.05, 0.1) is 5.69 Å². The van der Waals surface area contributed by atoms with Crippen LogP contribution in [0.3, 0.4) is 0 Å². The molecule has 0 fully saturated rings. The summed E-state index contributed by atoms with van der Waals surface area (Å²) in [6, 6.07) is 0. The number of aromatic nitrogens is 12. The molecular formula is C8H6N12. The van der Waals surface area contributed by atoms with Crippen molar-refractivity contribution in [3.05, 3.63) is 11.5 Å². The predicted octanol–water partition coefficient (Wildman–Crippen LogP) is -1.62. The van der Waals surface area contributed by atoms with Crippen LogP contribution in [0.5, 0.6) is 0 Å². The van der Waals surface area contributed by atoms with Crippen molar-refractivity contribution < 1.29 is 0 Å². The first-order chi connectivity index (χ1) is 9.75. The van der Waals surface area contributed by atoms with Gasteiger partial charge in [-0.15, -0.1) is 30.6 Å². The monoisotopic (exact) mass is 270 g/mol. The molecule has 98 valence electrons. The third-order valence-corrected chi connectivity index (χ3v) is 2.31. The Morgan fingerprint density at radius 3 is 1.90 bits per heavy atom. The average molecular weight is 270 g/mol. The first-order valence-corrected chi connectivity index (χ1v) is 5.39. The molecule has 0 spiro atoms. The van der Waals surface area contributed by atoms with Gasteiger partial charge in [-0.1, -0.05) is 0 Å². The van der Waals surface area contributed by atoms with Crippen molar-refractivity contribution in [3.63, 3.8) is 0 Å². The van der Waals surface area contributed by atoms with E-state index in [2.05, 4.69) is 61.6 Å². The summed E-state index contributed by atoms with van der Waals surface area (Å²) in [4.78, 5) is 4.12. The van der Waals surface area contributed by atoms with Crippen molar-refractivity contribution in [3.8, 4) is 22.9 Å². The van der Waals surface area contributed by atoms with E-state index in [9.17, 15) is 0 Å². The fourth-order valence-corrected chi connectivity index (χ4v) is 1.45. The topological polar surface area (TPSA) is 155 Å². The van der Waals surface area contributed by atoms with Crippen molar-refractivity contribution >= 4 is 0 Å². The SMILES string of the molecule is Cc1nnnc(-c2nnnnc2-c2nnnnc2C)n1. The van der Waals surface area contributed by atoms with E-state index in [4.69, 9.17) is 0 Å². The molecule has 3 heterocycles. The van der Waals surface area contributed by atoms with Gasteiger partial charge in [-0.3, -0.25) is 0 Å². The highest BCUT2D eigenvalue weighted by molar-refractivity contribution is 5.71. The molecule has 0 saturated carbocycles. The molecule has 3 aromatic rings. The Bertz CT molecular complexity index is 758. The molecule has 0 amide bonds. The van der Waals surface area contributed by atoms with Crippen LogP contribution in [0.25, 0.3) is 22.9 Å². The minimum Gasteiger partial charge on any atom is -0.208 e. The number of hydrogen-bond donors (Lipinski definition) is 0. The van der Waals surface area contributed by atoms with Gasteiger partial charge < -0.3 is 0 Å². The Balaban J connectivity index is 2.22. The van der Waals surface area contributed by atoms with E-state index < -0.39 is 0 Å². The van der Waals surface area contributed by atoms with Crippen LogP contribution >= 0.6 is 0 Å². The van der Waals surface area contributed by atoms with Gasteiger partial charge in [-0.25, -0.2) is 4.98 Å². The van der Waals surface area contributed by atoms with Gasteiger partial charge >= 0.3 is 0 Å². The molecule has 0 radical (unpaired) electrons. The highest BCUT2D eigenvalue weighted by Gasteiger charge is 2.19. The summed E-state index contributed by atoms with van der Waals surface area (Å²) in [6.07, 6.45) is 0. The lowest BCUT2D eigenvalue weighted by molar-refractivity contribution is 0.725. The molecule has 0 saturated heterocycles. The minimum absolute atomic E-state index is 0.216. The molecule has 0 bridgehead atoms. The Hall–Kier alpha value is -3.18. The maximum absolute atomic E-state index is 4.12. The zero-order chi connectivity index (χ0) is 13.9. The lowest BCUT2D eigenvalue weighted by atomic mass is 10.2. The summed E-state index contributed by atoms with van der Waals surface area (Å²) in [5, 5.41) is 40.4. The number of rotatable bonds is 2. The van der Waals surface area contributed by atoms with Gasteiger partial charge in [0.1, 0.15) is 11.4 Å². The van der Waals surface area contributed by atoms with Crippen LogP contribution < -0.4 is 0 Å². The van der Waals surface area contributed by atoms with Crippen molar-refractivity contribution in [1.29, 1.82) is 0 Å². The van der Waals surface area contributed by atoms with E-state index in [1.54, 1.807) is 13.8 Å². The van der Waals surface area contributed by atoms with Gasteiger partial charge in [0.2, 0.25) is 5.82 Å². The first-order valence-electron chi connectivity index (χ1n) is 5.39. The van der Waals surface area contributed by atoms with Crippen LogP contribution in [0, 0.1) is 13.8 Å². The molecule has 0 aliphatic rings. The van der Waals surface area contributed by atoms with Gasteiger partial charge in [0.25, 0.3) is 0 Å². The second-order valence-electron chi connectivity index (χ2n) is 3.66. The zero-order valence-corrected chi connectivity index (χ0v) is 10.4. The summed E-state index contributed by atoms with van der Waals surface area (Å²) in [7, 11) is 0. The molecular weight excluding hydrogens is 264 g/mol. The van der Waals surface area contributed by atoms with Crippen LogP contribution in [-0.4, -0.2) is 61.6 Å². The number of nitrogens with zero attached hydrogens (tertiary/aromatic N) is 12. The standard InChI is InChI=1S/C8H6N12/c1-3-5(12-18-17-10-3)6-7(14-20-19-13-6)8-9-4(2)11-16-15-8/h1-2H3. The highest BCUT2D eigenvalue weighted by Crippen LogP contribution is 2.23. The Labute approximate surface area is 111 Å². The van der Waals surface area contributed by atoms with Gasteiger partial charge in [0, 0.05) is 0 Å². The molecule has 0 N–H and O–H groups in total. The molecule has 3 aromatic heterocycles. The summed E-state index contributed by atoms with van der Waals surface area (Å²) in [5.41, 5.74) is 1.45. The molecule has 0 aromatic carbocycles. The molecule has 0 aliphatic heterocycles. The van der Waals surface area contributed by atoms with E-state index in [0.29, 0.717) is 22.9 Å². The quantitative estimate of drug-likeness (QED) is 0.525. The second-order valence-corrected chi connectivity index (χ2v) is 3.66. The maximum Gasteiger partial charge on any atom is 0.208 e. The summed E-state index contributed by atoms with van der Waals surface area (Å²) in [5.74, 6) is 0.656.